The number of nitrogens with zero attached hydrogens (tertiary/aromatic N) is 1. The molecule has 0 spiro atoms. The van der Waals surface area contributed by atoms with Gasteiger partial charge in [-0.2, -0.15) is 5.26 Å². The Balaban J connectivity index is 2.12. The van der Waals surface area contributed by atoms with Gasteiger partial charge >= 0.3 is 0 Å². The largest absolute Gasteiger partial charge is 0.508 e. The van der Waals surface area contributed by atoms with E-state index in [2.05, 4.69) is 10.6 Å². The van der Waals surface area contributed by atoms with Crippen molar-refractivity contribution in [2.24, 2.45) is 0 Å². The van der Waals surface area contributed by atoms with E-state index in [1.807, 2.05) is 0 Å². The maximum atomic E-state index is 12.0. The summed E-state index contributed by atoms with van der Waals surface area (Å²) in [5, 5.41) is 24.1. The Morgan fingerprint density at radius 1 is 1.30 bits per heavy atom. The van der Waals surface area contributed by atoms with Gasteiger partial charge in [0.25, 0.3) is 5.91 Å². The third-order valence-corrected chi connectivity index (χ3v) is 3.15. The predicted octanol–water partition coefficient (Wildman–Crippen LogP) is 3.09. The number of nitrogen functional groups attached to an aromatic ring is 1. The highest BCUT2D eigenvalue weighted by molar-refractivity contribution is 6.33. The van der Waals surface area contributed by atoms with E-state index in [0.29, 0.717) is 22.1 Å². The van der Waals surface area contributed by atoms with Gasteiger partial charge in [0.05, 0.1) is 10.7 Å². The van der Waals surface area contributed by atoms with Crippen LogP contribution < -0.4 is 16.4 Å². The van der Waals surface area contributed by atoms with Crippen molar-refractivity contribution in [2.75, 3.05) is 16.4 Å². The van der Waals surface area contributed by atoms with Gasteiger partial charge in [-0.3, -0.25) is 4.79 Å². The molecule has 0 atom stereocenters. The smallest absolute Gasteiger partial charge is 0.267 e. The number of benzene rings is 2. The number of nitrogens with two attached hydrogens (primary N) is 1. The second kappa shape index (κ2) is 7.20. The van der Waals surface area contributed by atoms with Crippen molar-refractivity contribution in [3.8, 4) is 11.8 Å². The van der Waals surface area contributed by atoms with Gasteiger partial charge in [-0.15, -0.1) is 0 Å². The summed E-state index contributed by atoms with van der Waals surface area (Å²) in [7, 11) is 0. The summed E-state index contributed by atoms with van der Waals surface area (Å²) >= 11 is 6.00. The molecule has 0 heterocycles. The monoisotopic (exact) mass is 328 g/mol. The minimum absolute atomic E-state index is 0.0112. The summed E-state index contributed by atoms with van der Waals surface area (Å²) in [4.78, 5) is 12.0. The molecule has 0 radical (unpaired) electrons. The molecule has 2 aromatic carbocycles. The summed E-state index contributed by atoms with van der Waals surface area (Å²) in [5.74, 6) is -0.603. The number of halogens is 1. The second-order valence-corrected chi connectivity index (χ2v) is 4.97. The lowest BCUT2D eigenvalue weighted by atomic mass is 10.2. The number of carbonyl (C=O) groups is 1. The van der Waals surface area contributed by atoms with Gasteiger partial charge in [-0.05, 0) is 30.3 Å². The van der Waals surface area contributed by atoms with E-state index >= 15 is 0 Å². The van der Waals surface area contributed by atoms with Crippen LogP contribution in [0.15, 0.2) is 54.2 Å². The van der Waals surface area contributed by atoms with Gasteiger partial charge in [-0.1, -0.05) is 17.7 Å². The number of nitrogens with one attached hydrogen (secondary N) is 2. The molecule has 0 aliphatic rings. The van der Waals surface area contributed by atoms with Crippen molar-refractivity contribution in [3.63, 3.8) is 0 Å². The SMILES string of the molecule is N#C/C(=C/Nc1ccc(N)cc1Cl)C(=O)Nc1cccc(O)c1. The third kappa shape index (κ3) is 4.40. The number of aromatic hydroxyl groups is 1. The molecule has 0 aromatic heterocycles. The third-order valence-electron chi connectivity index (χ3n) is 2.83. The van der Waals surface area contributed by atoms with Crippen LogP contribution in [-0.4, -0.2) is 11.0 Å². The van der Waals surface area contributed by atoms with Gasteiger partial charge in [0.1, 0.15) is 17.4 Å². The Kier molecular flexibility index (Phi) is 5.07. The fourth-order valence-corrected chi connectivity index (χ4v) is 1.97. The summed E-state index contributed by atoms with van der Waals surface area (Å²) in [6.45, 7) is 0. The lowest BCUT2D eigenvalue weighted by Crippen LogP contribution is -2.14. The second-order valence-electron chi connectivity index (χ2n) is 4.56. The number of phenols is 1. The Labute approximate surface area is 137 Å². The zero-order chi connectivity index (χ0) is 16.8. The molecule has 0 aliphatic heterocycles. The molecule has 0 saturated heterocycles. The molecule has 2 rings (SSSR count). The Hall–Kier alpha value is -3.17. The van der Waals surface area contributed by atoms with Crippen LogP contribution in [0.2, 0.25) is 5.02 Å². The predicted molar refractivity (Wildman–Crippen MR) is 89.9 cm³/mol. The average Bonchev–Trinajstić information content (AvgIpc) is 2.49. The van der Waals surface area contributed by atoms with Gasteiger partial charge in [0, 0.05) is 23.6 Å². The molecule has 0 unspecified atom stereocenters. The first-order chi connectivity index (χ1) is 11.0. The average molecular weight is 329 g/mol. The quantitative estimate of drug-likeness (QED) is 0.391. The topological polar surface area (TPSA) is 111 Å². The van der Waals surface area contributed by atoms with Crippen LogP contribution >= 0.6 is 11.6 Å². The molecule has 7 heteroatoms. The van der Waals surface area contributed by atoms with E-state index in [1.165, 1.54) is 18.3 Å². The Morgan fingerprint density at radius 2 is 2.09 bits per heavy atom. The van der Waals surface area contributed by atoms with Crippen molar-refractivity contribution in [1.82, 2.24) is 0 Å². The Bertz CT molecular complexity index is 812. The highest BCUT2D eigenvalue weighted by Crippen LogP contribution is 2.24. The molecule has 0 aliphatic carbocycles. The number of hydrogen-bond acceptors (Lipinski definition) is 5. The zero-order valence-corrected chi connectivity index (χ0v) is 12.6. The molecule has 1 amide bonds. The summed E-state index contributed by atoms with van der Waals surface area (Å²) in [6.07, 6.45) is 1.25. The number of nitriles is 1. The molecule has 0 bridgehead atoms. The standard InChI is InChI=1S/C16H13ClN4O2/c17-14-6-11(19)4-5-15(14)20-9-10(8-18)16(23)21-12-2-1-3-13(22)7-12/h1-7,9,20,22H,19H2,(H,21,23)/b10-9-. The van der Waals surface area contributed by atoms with Crippen LogP contribution in [-0.2, 0) is 4.79 Å². The number of carbonyl (C=O) groups excluding carboxylic acids is 1. The van der Waals surface area contributed by atoms with Crippen LogP contribution in [0.3, 0.4) is 0 Å². The first-order valence-corrected chi connectivity index (χ1v) is 6.89. The first-order valence-electron chi connectivity index (χ1n) is 6.52. The lowest BCUT2D eigenvalue weighted by molar-refractivity contribution is -0.112. The maximum Gasteiger partial charge on any atom is 0.267 e. The molecule has 23 heavy (non-hydrogen) atoms. The number of phenolic OH excluding ortho intramolecular Hbond substituents is 1. The van der Waals surface area contributed by atoms with Crippen molar-refractivity contribution in [3.05, 3.63) is 59.3 Å². The minimum atomic E-state index is -0.614. The van der Waals surface area contributed by atoms with Crippen molar-refractivity contribution >= 4 is 34.6 Å². The summed E-state index contributed by atoms with van der Waals surface area (Å²) in [6, 6.07) is 12.6. The Morgan fingerprint density at radius 3 is 2.74 bits per heavy atom. The van der Waals surface area contributed by atoms with Gasteiger partial charge < -0.3 is 21.5 Å². The van der Waals surface area contributed by atoms with Gasteiger partial charge in [-0.25, -0.2) is 0 Å². The highest BCUT2D eigenvalue weighted by atomic mass is 35.5. The van der Waals surface area contributed by atoms with Crippen molar-refractivity contribution in [1.29, 1.82) is 5.26 Å². The zero-order valence-electron chi connectivity index (χ0n) is 11.9. The molecule has 5 N–H and O–H groups in total. The van der Waals surface area contributed by atoms with E-state index < -0.39 is 5.91 Å². The number of anilines is 3. The van der Waals surface area contributed by atoms with E-state index in [0.717, 1.165) is 0 Å². The van der Waals surface area contributed by atoms with Crippen LogP contribution in [0.25, 0.3) is 0 Å². The van der Waals surface area contributed by atoms with E-state index in [1.54, 1.807) is 36.4 Å². The molecule has 0 fully saturated rings. The first kappa shape index (κ1) is 16.2. The van der Waals surface area contributed by atoms with Crippen LogP contribution in [0, 0.1) is 11.3 Å². The van der Waals surface area contributed by atoms with Gasteiger partial charge in [0.2, 0.25) is 0 Å². The fraction of sp³-hybridized carbons (Fsp3) is 0. The molecular weight excluding hydrogens is 316 g/mol. The highest BCUT2D eigenvalue weighted by Gasteiger charge is 2.10. The van der Waals surface area contributed by atoms with E-state index in [9.17, 15) is 9.90 Å². The molecule has 0 saturated carbocycles. The van der Waals surface area contributed by atoms with Crippen LogP contribution in [0.5, 0.6) is 5.75 Å². The minimum Gasteiger partial charge on any atom is -0.508 e. The number of rotatable bonds is 4. The lowest BCUT2D eigenvalue weighted by Gasteiger charge is -2.07. The summed E-state index contributed by atoms with van der Waals surface area (Å²) < 4.78 is 0. The molecule has 116 valence electrons. The molecular formula is C16H13ClN4O2. The number of amides is 1. The molecule has 2 aromatic rings. The van der Waals surface area contributed by atoms with Crippen LogP contribution in [0.4, 0.5) is 17.1 Å². The van der Waals surface area contributed by atoms with E-state index in [4.69, 9.17) is 22.6 Å². The molecule has 6 nitrogen and oxygen atoms in total. The normalized spacial score (nSPS) is 10.7. The summed E-state index contributed by atoms with van der Waals surface area (Å²) in [5.41, 5.74) is 6.84. The maximum absolute atomic E-state index is 12.0. The van der Waals surface area contributed by atoms with Crippen molar-refractivity contribution < 1.29 is 9.90 Å². The fourth-order valence-electron chi connectivity index (χ4n) is 1.73. The number of hydrogen-bond donors (Lipinski definition) is 4. The van der Waals surface area contributed by atoms with Gasteiger partial charge in [0.15, 0.2) is 0 Å². The van der Waals surface area contributed by atoms with Crippen molar-refractivity contribution in [2.45, 2.75) is 0 Å². The van der Waals surface area contributed by atoms with E-state index in [-0.39, 0.29) is 11.3 Å². The van der Waals surface area contributed by atoms with Crippen LogP contribution in [0.1, 0.15) is 0 Å².